The van der Waals surface area contributed by atoms with Gasteiger partial charge in [0.25, 0.3) is 0 Å². The van der Waals surface area contributed by atoms with Crippen molar-refractivity contribution in [2.75, 3.05) is 26.7 Å². The summed E-state index contributed by atoms with van der Waals surface area (Å²) in [6.45, 7) is 3.46. The molecule has 1 unspecified atom stereocenters. The van der Waals surface area contributed by atoms with E-state index in [1.807, 2.05) is 29.2 Å². The van der Waals surface area contributed by atoms with Crippen molar-refractivity contribution in [1.29, 1.82) is 0 Å². The van der Waals surface area contributed by atoms with Crippen molar-refractivity contribution in [2.24, 2.45) is 0 Å². The van der Waals surface area contributed by atoms with Crippen LogP contribution in [0.2, 0.25) is 0 Å². The highest BCUT2D eigenvalue weighted by Gasteiger charge is 2.34. The van der Waals surface area contributed by atoms with E-state index in [-0.39, 0.29) is 11.9 Å². The van der Waals surface area contributed by atoms with Crippen LogP contribution >= 0.6 is 0 Å². The standard InChI is InChI=1S/C22H26N2O2/c1-26-20-10-9-17-11-14-24(16-19(17)15-20)22(25)21(23-12-5-6-13-23)18-7-3-2-4-8-18/h2-4,7-10,15,21H,5-6,11-14,16H2,1H3. The van der Waals surface area contributed by atoms with Gasteiger partial charge in [-0.2, -0.15) is 0 Å². The van der Waals surface area contributed by atoms with E-state index in [2.05, 4.69) is 29.2 Å². The number of carbonyl (C=O) groups excluding carboxylic acids is 1. The number of hydrogen-bond donors (Lipinski definition) is 0. The fourth-order valence-electron chi connectivity index (χ4n) is 4.17. The normalized spacial score (nSPS) is 18.4. The van der Waals surface area contributed by atoms with Crippen molar-refractivity contribution in [1.82, 2.24) is 9.80 Å². The predicted molar refractivity (Wildman–Crippen MR) is 102 cm³/mol. The molecule has 1 saturated heterocycles. The molecule has 2 aliphatic rings. The van der Waals surface area contributed by atoms with Gasteiger partial charge in [0, 0.05) is 13.1 Å². The highest BCUT2D eigenvalue weighted by Crippen LogP contribution is 2.30. The lowest BCUT2D eigenvalue weighted by molar-refractivity contribution is -0.138. The molecule has 0 bridgehead atoms. The molecule has 0 radical (unpaired) electrons. The fourth-order valence-corrected chi connectivity index (χ4v) is 4.17. The van der Waals surface area contributed by atoms with E-state index in [1.165, 1.54) is 24.0 Å². The first-order valence-corrected chi connectivity index (χ1v) is 9.50. The van der Waals surface area contributed by atoms with E-state index >= 15 is 0 Å². The maximum Gasteiger partial charge on any atom is 0.244 e. The third-order valence-electron chi connectivity index (χ3n) is 5.59. The summed E-state index contributed by atoms with van der Waals surface area (Å²) in [5.74, 6) is 1.09. The molecule has 4 rings (SSSR count). The summed E-state index contributed by atoms with van der Waals surface area (Å²) in [5.41, 5.74) is 3.64. The van der Waals surface area contributed by atoms with E-state index in [0.717, 1.165) is 37.4 Å². The van der Waals surface area contributed by atoms with Crippen LogP contribution in [0.25, 0.3) is 0 Å². The summed E-state index contributed by atoms with van der Waals surface area (Å²) in [6, 6.07) is 16.3. The maximum absolute atomic E-state index is 13.5. The van der Waals surface area contributed by atoms with Crippen molar-refractivity contribution in [2.45, 2.75) is 31.8 Å². The van der Waals surface area contributed by atoms with Crippen molar-refractivity contribution in [3.63, 3.8) is 0 Å². The first-order chi connectivity index (χ1) is 12.8. The average molecular weight is 350 g/mol. The van der Waals surface area contributed by atoms with Gasteiger partial charge < -0.3 is 9.64 Å². The van der Waals surface area contributed by atoms with E-state index < -0.39 is 0 Å². The molecule has 0 aliphatic carbocycles. The number of fused-ring (bicyclic) bond motifs is 1. The Labute approximate surface area is 155 Å². The lowest BCUT2D eigenvalue weighted by Gasteiger charge is -2.35. The Bertz CT molecular complexity index is 769. The van der Waals surface area contributed by atoms with Gasteiger partial charge in [-0.1, -0.05) is 36.4 Å². The fraction of sp³-hybridized carbons (Fsp3) is 0.409. The summed E-state index contributed by atoms with van der Waals surface area (Å²) < 4.78 is 5.36. The summed E-state index contributed by atoms with van der Waals surface area (Å²) in [5, 5.41) is 0. The van der Waals surface area contributed by atoms with Crippen LogP contribution in [0.1, 0.15) is 35.6 Å². The molecule has 1 atom stereocenters. The number of hydrogen-bond acceptors (Lipinski definition) is 3. The smallest absolute Gasteiger partial charge is 0.244 e. The third-order valence-corrected chi connectivity index (χ3v) is 5.59. The maximum atomic E-state index is 13.5. The molecule has 2 heterocycles. The first-order valence-electron chi connectivity index (χ1n) is 9.50. The first kappa shape index (κ1) is 17.1. The minimum atomic E-state index is -0.161. The number of amides is 1. The molecule has 0 spiro atoms. The van der Waals surface area contributed by atoms with Crippen LogP contribution in [-0.2, 0) is 17.8 Å². The second kappa shape index (κ2) is 7.50. The van der Waals surface area contributed by atoms with E-state index in [9.17, 15) is 4.79 Å². The molecular weight excluding hydrogens is 324 g/mol. The molecule has 2 aromatic rings. The van der Waals surface area contributed by atoms with E-state index in [4.69, 9.17) is 4.74 Å². The molecule has 136 valence electrons. The molecule has 26 heavy (non-hydrogen) atoms. The van der Waals surface area contributed by atoms with Gasteiger partial charge in [-0.05, 0) is 61.2 Å². The average Bonchev–Trinajstić information content (AvgIpc) is 3.22. The van der Waals surface area contributed by atoms with Crippen LogP contribution in [0.5, 0.6) is 5.75 Å². The molecule has 4 heteroatoms. The molecule has 4 nitrogen and oxygen atoms in total. The molecule has 2 aliphatic heterocycles. The zero-order valence-electron chi connectivity index (χ0n) is 15.4. The minimum Gasteiger partial charge on any atom is -0.497 e. The number of benzene rings is 2. The summed E-state index contributed by atoms with van der Waals surface area (Å²) in [4.78, 5) is 17.9. The van der Waals surface area contributed by atoms with Crippen molar-refractivity contribution < 1.29 is 9.53 Å². The van der Waals surface area contributed by atoms with Gasteiger partial charge >= 0.3 is 0 Å². The zero-order chi connectivity index (χ0) is 17.9. The van der Waals surface area contributed by atoms with Crippen LogP contribution in [-0.4, -0.2) is 42.5 Å². The lowest BCUT2D eigenvalue weighted by Crippen LogP contribution is -2.44. The Morgan fingerprint density at radius 1 is 1.00 bits per heavy atom. The van der Waals surface area contributed by atoms with Crippen molar-refractivity contribution >= 4 is 5.91 Å². The number of carbonyl (C=O) groups is 1. The highest BCUT2D eigenvalue weighted by molar-refractivity contribution is 5.83. The van der Waals surface area contributed by atoms with Gasteiger partial charge in [-0.3, -0.25) is 9.69 Å². The van der Waals surface area contributed by atoms with Gasteiger partial charge in [-0.15, -0.1) is 0 Å². The Morgan fingerprint density at radius 2 is 1.77 bits per heavy atom. The number of methoxy groups -OCH3 is 1. The Kier molecular flexibility index (Phi) is 4.93. The summed E-state index contributed by atoms with van der Waals surface area (Å²) >= 11 is 0. The number of nitrogens with zero attached hydrogens (tertiary/aromatic N) is 2. The Hall–Kier alpha value is -2.33. The van der Waals surface area contributed by atoms with Gasteiger partial charge in [-0.25, -0.2) is 0 Å². The SMILES string of the molecule is COc1ccc2c(c1)CN(C(=O)C(c1ccccc1)N1CCCC1)CC2. The lowest BCUT2D eigenvalue weighted by atomic mass is 9.97. The van der Waals surface area contributed by atoms with Crippen LogP contribution in [0, 0.1) is 0 Å². The molecule has 0 saturated carbocycles. The Morgan fingerprint density at radius 3 is 2.50 bits per heavy atom. The highest BCUT2D eigenvalue weighted by atomic mass is 16.5. The zero-order valence-corrected chi connectivity index (χ0v) is 15.4. The van der Waals surface area contributed by atoms with Gasteiger partial charge in [0.1, 0.15) is 11.8 Å². The molecule has 0 N–H and O–H groups in total. The second-order valence-electron chi connectivity index (χ2n) is 7.20. The number of ether oxygens (including phenoxy) is 1. The Balaban J connectivity index is 1.59. The van der Waals surface area contributed by atoms with Crippen LogP contribution in [0.4, 0.5) is 0 Å². The monoisotopic (exact) mass is 350 g/mol. The molecule has 1 fully saturated rings. The molecule has 2 aromatic carbocycles. The predicted octanol–water partition coefficient (Wildman–Crippen LogP) is 3.42. The van der Waals surface area contributed by atoms with Crippen molar-refractivity contribution in [3.8, 4) is 5.75 Å². The summed E-state index contributed by atoms with van der Waals surface area (Å²) in [6.07, 6.45) is 3.26. The molecule has 1 amide bonds. The second-order valence-corrected chi connectivity index (χ2v) is 7.20. The van der Waals surface area contributed by atoms with E-state index in [1.54, 1.807) is 7.11 Å². The topological polar surface area (TPSA) is 32.8 Å². The largest absolute Gasteiger partial charge is 0.497 e. The number of likely N-dealkylation sites (tertiary alicyclic amines) is 1. The quantitative estimate of drug-likeness (QED) is 0.847. The van der Waals surface area contributed by atoms with Gasteiger partial charge in [0.15, 0.2) is 0 Å². The van der Waals surface area contributed by atoms with Gasteiger partial charge in [0.05, 0.1) is 7.11 Å². The van der Waals surface area contributed by atoms with Crippen LogP contribution in [0.3, 0.4) is 0 Å². The molecular formula is C22H26N2O2. The number of rotatable bonds is 4. The van der Waals surface area contributed by atoms with Gasteiger partial charge in [0.2, 0.25) is 5.91 Å². The minimum absolute atomic E-state index is 0.161. The van der Waals surface area contributed by atoms with Crippen LogP contribution < -0.4 is 4.74 Å². The third kappa shape index (κ3) is 3.34. The van der Waals surface area contributed by atoms with Crippen LogP contribution in [0.15, 0.2) is 48.5 Å². The summed E-state index contributed by atoms with van der Waals surface area (Å²) in [7, 11) is 1.69. The van der Waals surface area contributed by atoms with E-state index in [0.29, 0.717) is 6.54 Å². The van der Waals surface area contributed by atoms with Crippen molar-refractivity contribution in [3.05, 3.63) is 65.2 Å². The molecule has 0 aromatic heterocycles.